The van der Waals surface area contributed by atoms with E-state index in [1.807, 2.05) is 5.32 Å². The summed E-state index contributed by atoms with van der Waals surface area (Å²) in [6, 6.07) is 8.22. The van der Waals surface area contributed by atoms with Crippen molar-refractivity contribution in [1.82, 2.24) is 4.90 Å². The van der Waals surface area contributed by atoms with Crippen LogP contribution in [0.25, 0.3) is 0 Å². The Labute approximate surface area is 268 Å². The molecule has 0 aliphatic carbocycles. The zero-order valence-corrected chi connectivity index (χ0v) is 25.1. The van der Waals surface area contributed by atoms with E-state index < -0.39 is 73.6 Å². The van der Waals surface area contributed by atoms with Crippen LogP contribution >= 0.6 is 0 Å². The number of benzene rings is 2. The average molecular weight is 735 g/mol. The van der Waals surface area contributed by atoms with Gasteiger partial charge in [-0.2, -0.15) is 57.1 Å². The van der Waals surface area contributed by atoms with Gasteiger partial charge in [0, 0.05) is 13.0 Å². The molecule has 0 fully saturated rings. The lowest BCUT2D eigenvalue weighted by Gasteiger charge is -2.40. The van der Waals surface area contributed by atoms with Gasteiger partial charge in [-0.05, 0) is 36.8 Å². The molecule has 2 aromatic carbocycles. The van der Waals surface area contributed by atoms with Gasteiger partial charge in [0.05, 0.1) is 25.9 Å². The van der Waals surface area contributed by atoms with Gasteiger partial charge in [0.25, 0.3) is 0 Å². The standard InChI is InChI=1S/C28H27F13N2O6/c1-3-48-20(21(44)45)14-16-8-10-17(11-9-16)49-13-12-43(22(46)42-18-6-4-5-7-19(18)47-2)15-23(29,30)24(31,32)25(33,34)26(35,36)27(37,38)28(39,40)41/h4-11,20H,3,12-15H2,1-2H3,(H,42,46)(H,44,45). The molecule has 0 aliphatic rings. The largest absolute Gasteiger partial charge is 0.495 e. The highest BCUT2D eigenvalue weighted by molar-refractivity contribution is 5.91. The number of nitrogens with zero attached hydrogens (tertiary/aromatic N) is 1. The minimum Gasteiger partial charge on any atom is -0.495 e. The number of nitrogens with one attached hydrogen (secondary N) is 1. The number of aliphatic carboxylic acids is 1. The minimum absolute atomic E-state index is 0.0738. The molecule has 0 radical (unpaired) electrons. The average Bonchev–Trinajstić information content (AvgIpc) is 3.00. The first-order valence-corrected chi connectivity index (χ1v) is 13.6. The number of rotatable bonds is 17. The number of carboxylic acid groups (broad SMARTS) is 1. The van der Waals surface area contributed by atoms with Gasteiger partial charge in [-0.3, -0.25) is 0 Å². The number of para-hydroxylation sites is 2. The molecular formula is C28H27F13N2O6. The Morgan fingerprint density at radius 3 is 1.88 bits per heavy atom. The van der Waals surface area contributed by atoms with Crippen molar-refractivity contribution in [3.8, 4) is 11.5 Å². The van der Waals surface area contributed by atoms with Gasteiger partial charge >= 0.3 is 47.8 Å². The zero-order valence-electron chi connectivity index (χ0n) is 25.1. The number of carbonyl (C=O) groups is 2. The molecule has 276 valence electrons. The Hall–Kier alpha value is -4.17. The lowest BCUT2D eigenvalue weighted by atomic mass is 9.93. The van der Waals surface area contributed by atoms with Gasteiger partial charge in [0.2, 0.25) is 0 Å². The first kappa shape index (κ1) is 41.0. The van der Waals surface area contributed by atoms with Crippen LogP contribution in [0.3, 0.4) is 0 Å². The third-order valence-electron chi connectivity index (χ3n) is 6.64. The summed E-state index contributed by atoms with van der Waals surface area (Å²) in [6.07, 6.45) is -8.90. The van der Waals surface area contributed by atoms with Gasteiger partial charge in [0.1, 0.15) is 18.1 Å². The molecule has 8 nitrogen and oxygen atoms in total. The third-order valence-corrected chi connectivity index (χ3v) is 6.64. The number of alkyl halides is 13. The summed E-state index contributed by atoms with van der Waals surface area (Å²) in [7, 11) is 1.08. The molecule has 2 aromatic rings. The summed E-state index contributed by atoms with van der Waals surface area (Å²) in [5, 5.41) is 11.1. The van der Waals surface area contributed by atoms with Crippen LogP contribution < -0.4 is 14.8 Å². The monoisotopic (exact) mass is 734 g/mol. The van der Waals surface area contributed by atoms with Crippen molar-refractivity contribution < 1.29 is 86.0 Å². The first-order chi connectivity index (χ1) is 22.4. The summed E-state index contributed by atoms with van der Waals surface area (Å²) in [5.74, 6) is -39.8. The molecule has 49 heavy (non-hydrogen) atoms. The van der Waals surface area contributed by atoms with Gasteiger partial charge < -0.3 is 29.5 Å². The molecule has 1 unspecified atom stereocenters. The van der Waals surface area contributed by atoms with Crippen molar-refractivity contribution in [2.45, 2.75) is 55.2 Å². The third kappa shape index (κ3) is 8.71. The molecule has 0 aliphatic heterocycles. The first-order valence-electron chi connectivity index (χ1n) is 13.6. The topological polar surface area (TPSA) is 97.3 Å². The molecular weight excluding hydrogens is 707 g/mol. The molecule has 2 rings (SSSR count). The van der Waals surface area contributed by atoms with Crippen LogP contribution in [0.1, 0.15) is 12.5 Å². The molecule has 0 aromatic heterocycles. The Morgan fingerprint density at radius 2 is 1.37 bits per heavy atom. The smallest absolute Gasteiger partial charge is 0.460 e. The highest BCUT2D eigenvalue weighted by atomic mass is 19.4. The highest BCUT2D eigenvalue weighted by Crippen LogP contribution is 2.60. The molecule has 2 amide bonds. The molecule has 0 saturated heterocycles. The summed E-state index contributed by atoms with van der Waals surface area (Å²) in [4.78, 5) is 23.8. The number of hydrogen-bond donors (Lipinski definition) is 2. The van der Waals surface area contributed by atoms with E-state index in [-0.39, 0.29) is 35.1 Å². The van der Waals surface area contributed by atoms with Crippen LogP contribution in [0.2, 0.25) is 0 Å². The fourth-order valence-corrected chi connectivity index (χ4v) is 3.96. The molecule has 2 N–H and O–H groups in total. The highest BCUT2D eigenvalue weighted by Gasteiger charge is 2.90. The minimum atomic E-state index is -8.10. The van der Waals surface area contributed by atoms with Crippen LogP contribution in [0, 0.1) is 0 Å². The summed E-state index contributed by atoms with van der Waals surface area (Å²) >= 11 is 0. The number of ether oxygens (including phenoxy) is 3. The van der Waals surface area contributed by atoms with Gasteiger partial charge in [-0.25, -0.2) is 9.59 Å². The van der Waals surface area contributed by atoms with E-state index in [0.29, 0.717) is 5.56 Å². The second-order valence-electron chi connectivity index (χ2n) is 10.0. The Balaban J connectivity index is 2.37. The second-order valence-corrected chi connectivity index (χ2v) is 10.0. The molecule has 0 saturated carbocycles. The fraction of sp³-hybridized carbons (Fsp3) is 0.500. The normalized spacial score (nSPS) is 13.9. The van der Waals surface area contributed by atoms with E-state index in [0.717, 1.165) is 13.2 Å². The predicted octanol–water partition coefficient (Wildman–Crippen LogP) is 7.38. The quantitative estimate of drug-likeness (QED) is 0.165. The summed E-state index contributed by atoms with van der Waals surface area (Å²) in [5.41, 5.74) is 0.0849. The van der Waals surface area contributed by atoms with E-state index in [1.165, 1.54) is 42.5 Å². The summed E-state index contributed by atoms with van der Waals surface area (Å²) in [6.45, 7) is -3.43. The maximum absolute atomic E-state index is 14.8. The van der Waals surface area contributed by atoms with Crippen molar-refractivity contribution in [2.75, 3.05) is 38.7 Å². The fourth-order valence-electron chi connectivity index (χ4n) is 3.96. The zero-order chi connectivity index (χ0) is 37.6. The maximum Gasteiger partial charge on any atom is 0.460 e. The number of anilines is 1. The molecule has 0 bridgehead atoms. The van der Waals surface area contributed by atoms with Gasteiger partial charge in [-0.1, -0.05) is 24.3 Å². The number of carbonyl (C=O) groups excluding carboxylic acids is 1. The van der Waals surface area contributed by atoms with Crippen molar-refractivity contribution in [3.63, 3.8) is 0 Å². The van der Waals surface area contributed by atoms with E-state index >= 15 is 0 Å². The van der Waals surface area contributed by atoms with Gasteiger partial charge in [-0.15, -0.1) is 0 Å². The maximum atomic E-state index is 14.8. The number of amides is 2. The summed E-state index contributed by atoms with van der Waals surface area (Å²) < 4.78 is 193. The Kier molecular flexibility index (Phi) is 12.7. The van der Waals surface area contributed by atoms with Crippen molar-refractivity contribution in [2.24, 2.45) is 0 Å². The molecule has 21 heteroatoms. The number of methoxy groups -OCH3 is 1. The van der Waals surface area contributed by atoms with Crippen molar-refractivity contribution >= 4 is 17.7 Å². The van der Waals surface area contributed by atoms with Crippen LogP contribution in [0.5, 0.6) is 11.5 Å². The predicted molar refractivity (Wildman–Crippen MR) is 143 cm³/mol. The van der Waals surface area contributed by atoms with Crippen molar-refractivity contribution in [3.05, 3.63) is 54.1 Å². The van der Waals surface area contributed by atoms with Crippen LogP contribution in [-0.4, -0.2) is 97.3 Å². The van der Waals surface area contributed by atoms with E-state index in [9.17, 15) is 71.8 Å². The Morgan fingerprint density at radius 1 is 0.816 bits per heavy atom. The van der Waals surface area contributed by atoms with Crippen LogP contribution in [0.15, 0.2) is 48.5 Å². The number of hydrogen-bond acceptors (Lipinski definition) is 5. The SMILES string of the molecule is CCOC(Cc1ccc(OCCN(CC(F)(F)C(F)(F)C(F)(F)C(F)(F)C(F)(F)C(F)(F)F)C(=O)Nc2ccccc2OC)cc1)C(=O)O. The van der Waals surface area contributed by atoms with E-state index in [2.05, 4.69) is 0 Å². The lowest BCUT2D eigenvalue weighted by Crippen LogP contribution is -2.71. The number of urea groups is 1. The number of carboxylic acids is 1. The lowest BCUT2D eigenvalue weighted by molar-refractivity contribution is -0.439. The second kappa shape index (κ2) is 15.2. The van der Waals surface area contributed by atoms with Gasteiger partial charge in [0.15, 0.2) is 6.10 Å². The van der Waals surface area contributed by atoms with Crippen LogP contribution in [-0.2, 0) is 16.0 Å². The Bertz CT molecular complexity index is 1420. The van der Waals surface area contributed by atoms with E-state index in [1.54, 1.807) is 6.92 Å². The molecule has 0 spiro atoms. The molecule has 1 atom stereocenters. The number of halogens is 13. The van der Waals surface area contributed by atoms with E-state index in [4.69, 9.17) is 14.2 Å². The molecule has 0 heterocycles. The van der Waals surface area contributed by atoms with Crippen molar-refractivity contribution in [1.29, 1.82) is 0 Å². The van der Waals surface area contributed by atoms with Crippen LogP contribution in [0.4, 0.5) is 67.6 Å².